The first-order valence-corrected chi connectivity index (χ1v) is 6.05. The summed E-state index contributed by atoms with van der Waals surface area (Å²) >= 11 is 0. The van der Waals surface area contributed by atoms with Gasteiger partial charge in [-0.05, 0) is 44.5 Å². The van der Waals surface area contributed by atoms with Crippen LogP contribution in [0.15, 0.2) is 24.3 Å². The average molecular weight is 228 g/mol. The van der Waals surface area contributed by atoms with Crippen LogP contribution in [0.3, 0.4) is 0 Å². The van der Waals surface area contributed by atoms with Crippen molar-refractivity contribution >= 4 is 0 Å². The van der Waals surface area contributed by atoms with Gasteiger partial charge in [0.05, 0.1) is 11.4 Å². The highest BCUT2D eigenvalue weighted by atomic mass is 15.1. The highest BCUT2D eigenvalue weighted by Crippen LogP contribution is 2.23. The second kappa shape index (κ2) is 4.30. The van der Waals surface area contributed by atoms with Crippen LogP contribution in [0.4, 0.5) is 0 Å². The van der Waals surface area contributed by atoms with Gasteiger partial charge in [-0.2, -0.15) is 5.10 Å². The van der Waals surface area contributed by atoms with Gasteiger partial charge >= 0.3 is 0 Å². The molecule has 1 fully saturated rings. The minimum atomic E-state index is 0.412. The molecule has 0 bridgehead atoms. The smallest absolute Gasteiger partial charge is 0.111 e. The molecule has 1 atom stereocenters. The highest BCUT2D eigenvalue weighted by molar-refractivity contribution is 5.54. The molecule has 1 saturated heterocycles. The van der Waals surface area contributed by atoms with Gasteiger partial charge in [0.1, 0.15) is 5.69 Å². The van der Waals surface area contributed by atoms with E-state index in [1.165, 1.54) is 12.8 Å². The normalized spacial score (nSPS) is 19.7. The lowest BCUT2D eigenvalue weighted by Gasteiger charge is -2.09. The lowest BCUT2D eigenvalue weighted by atomic mass is 10.1. The van der Waals surface area contributed by atoms with Gasteiger partial charge in [-0.3, -0.25) is 5.10 Å². The fourth-order valence-corrected chi connectivity index (χ4v) is 2.27. The molecule has 3 rings (SSSR count). The lowest BCUT2D eigenvalue weighted by Crippen LogP contribution is -2.14. The monoisotopic (exact) mass is 228 g/mol. The van der Waals surface area contributed by atoms with E-state index in [1.54, 1.807) is 0 Å². The van der Waals surface area contributed by atoms with Gasteiger partial charge in [0, 0.05) is 11.7 Å². The van der Waals surface area contributed by atoms with Crippen LogP contribution in [0, 0.1) is 6.92 Å². The molecule has 0 spiro atoms. The molecule has 88 valence electrons. The third-order valence-electron chi connectivity index (χ3n) is 3.16. The summed E-state index contributed by atoms with van der Waals surface area (Å²) in [7, 11) is 0. The van der Waals surface area contributed by atoms with Crippen molar-refractivity contribution in [3.05, 3.63) is 35.7 Å². The molecule has 0 amide bonds. The zero-order chi connectivity index (χ0) is 11.7. The molecule has 1 aliphatic rings. The Labute approximate surface area is 100 Å². The van der Waals surface area contributed by atoms with Gasteiger partial charge in [-0.15, -0.1) is 0 Å². The summed E-state index contributed by atoms with van der Waals surface area (Å²) in [6, 6.07) is 8.59. The minimum absolute atomic E-state index is 0.412. The van der Waals surface area contributed by atoms with E-state index in [1.807, 2.05) is 19.1 Å². The van der Waals surface area contributed by atoms with E-state index in [0.717, 1.165) is 29.3 Å². The number of aromatic amines is 1. The lowest BCUT2D eigenvalue weighted by molar-refractivity contribution is 0.628. The number of nitrogens with zero attached hydrogens (tertiary/aromatic N) is 2. The number of hydrogen-bond donors (Lipinski definition) is 2. The average Bonchev–Trinajstić information content (AvgIpc) is 3.00. The van der Waals surface area contributed by atoms with Gasteiger partial charge in [-0.25, -0.2) is 4.98 Å². The van der Waals surface area contributed by atoms with E-state index in [0.29, 0.717) is 6.04 Å². The third-order valence-corrected chi connectivity index (χ3v) is 3.16. The van der Waals surface area contributed by atoms with E-state index < -0.39 is 0 Å². The Morgan fingerprint density at radius 2 is 2.24 bits per heavy atom. The summed E-state index contributed by atoms with van der Waals surface area (Å²) in [6.07, 6.45) is 2.41. The molecular formula is C13H16N4. The standard InChI is InChI=1S/C13H16N4/c1-9-8-13(17-16-9)12-5-2-4-11(15-12)10-6-3-7-14-10/h2,4-5,8,10,14H,3,6-7H2,1H3,(H,16,17)/t10-/m0/s1. The fourth-order valence-electron chi connectivity index (χ4n) is 2.27. The quantitative estimate of drug-likeness (QED) is 0.828. The predicted octanol–water partition coefficient (Wildman–Crippen LogP) is 2.20. The molecule has 0 radical (unpaired) electrons. The van der Waals surface area contributed by atoms with Crippen LogP contribution in [0.25, 0.3) is 11.4 Å². The summed E-state index contributed by atoms with van der Waals surface area (Å²) in [5.74, 6) is 0. The fraction of sp³-hybridized carbons (Fsp3) is 0.385. The van der Waals surface area contributed by atoms with E-state index in [2.05, 4.69) is 27.6 Å². The van der Waals surface area contributed by atoms with E-state index in [-0.39, 0.29) is 0 Å². The Kier molecular flexibility index (Phi) is 2.65. The Hall–Kier alpha value is -1.68. The first-order valence-electron chi connectivity index (χ1n) is 6.05. The molecule has 1 aliphatic heterocycles. The largest absolute Gasteiger partial charge is 0.309 e. The second-order valence-electron chi connectivity index (χ2n) is 4.53. The molecule has 0 aromatic carbocycles. The molecule has 4 nitrogen and oxygen atoms in total. The molecule has 0 unspecified atom stereocenters. The van der Waals surface area contributed by atoms with E-state index >= 15 is 0 Å². The highest BCUT2D eigenvalue weighted by Gasteiger charge is 2.17. The van der Waals surface area contributed by atoms with Crippen molar-refractivity contribution in [1.82, 2.24) is 20.5 Å². The number of H-pyrrole nitrogens is 1. The molecule has 17 heavy (non-hydrogen) atoms. The first kappa shape index (κ1) is 10.5. The van der Waals surface area contributed by atoms with E-state index in [9.17, 15) is 0 Å². The van der Waals surface area contributed by atoms with Crippen molar-refractivity contribution in [1.29, 1.82) is 0 Å². The Morgan fingerprint density at radius 3 is 2.94 bits per heavy atom. The van der Waals surface area contributed by atoms with Crippen LogP contribution in [0.2, 0.25) is 0 Å². The topological polar surface area (TPSA) is 53.6 Å². The van der Waals surface area contributed by atoms with Gasteiger partial charge in [-0.1, -0.05) is 6.07 Å². The molecule has 2 N–H and O–H groups in total. The summed E-state index contributed by atoms with van der Waals surface area (Å²) in [6.45, 7) is 3.09. The van der Waals surface area contributed by atoms with Crippen LogP contribution in [-0.4, -0.2) is 21.7 Å². The van der Waals surface area contributed by atoms with Crippen molar-refractivity contribution in [3.8, 4) is 11.4 Å². The third kappa shape index (κ3) is 2.08. The number of hydrogen-bond acceptors (Lipinski definition) is 3. The maximum Gasteiger partial charge on any atom is 0.111 e. The summed E-state index contributed by atoms with van der Waals surface area (Å²) in [4.78, 5) is 4.69. The summed E-state index contributed by atoms with van der Waals surface area (Å²) < 4.78 is 0. The molecule has 2 aromatic rings. The molecular weight excluding hydrogens is 212 g/mol. The Morgan fingerprint density at radius 1 is 1.29 bits per heavy atom. The maximum absolute atomic E-state index is 4.69. The van der Waals surface area contributed by atoms with Crippen LogP contribution in [0.5, 0.6) is 0 Å². The van der Waals surface area contributed by atoms with Crippen molar-refractivity contribution < 1.29 is 0 Å². The number of pyridine rings is 1. The summed E-state index contributed by atoms with van der Waals surface area (Å²) in [5, 5.41) is 10.7. The zero-order valence-electron chi connectivity index (χ0n) is 9.90. The number of rotatable bonds is 2. The maximum atomic E-state index is 4.69. The minimum Gasteiger partial charge on any atom is -0.309 e. The molecule has 0 saturated carbocycles. The Bertz CT molecular complexity index is 512. The first-order chi connectivity index (χ1) is 8.33. The SMILES string of the molecule is Cc1cc(-c2cccc([C@@H]3CCCN3)n2)n[nH]1. The molecule has 2 aromatic heterocycles. The van der Waals surface area contributed by atoms with Crippen LogP contribution < -0.4 is 5.32 Å². The van der Waals surface area contributed by atoms with Gasteiger partial charge in [0.2, 0.25) is 0 Å². The molecule has 3 heterocycles. The van der Waals surface area contributed by atoms with Crippen molar-refractivity contribution in [2.75, 3.05) is 6.54 Å². The second-order valence-corrected chi connectivity index (χ2v) is 4.53. The van der Waals surface area contributed by atoms with E-state index in [4.69, 9.17) is 4.98 Å². The van der Waals surface area contributed by atoms with Crippen molar-refractivity contribution in [3.63, 3.8) is 0 Å². The zero-order valence-corrected chi connectivity index (χ0v) is 9.90. The van der Waals surface area contributed by atoms with Crippen LogP contribution >= 0.6 is 0 Å². The van der Waals surface area contributed by atoms with Gasteiger partial charge in [0.15, 0.2) is 0 Å². The van der Waals surface area contributed by atoms with Crippen molar-refractivity contribution in [2.45, 2.75) is 25.8 Å². The van der Waals surface area contributed by atoms with Gasteiger partial charge in [0.25, 0.3) is 0 Å². The van der Waals surface area contributed by atoms with Gasteiger partial charge < -0.3 is 5.32 Å². The number of aryl methyl sites for hydroxylation is 1. The molecule has 4 heteroatoms. The predicted molar refractivity (Wildman–Crippen MR) is 66.5 cm³/mol. The van der Waals surface area contributed by atoms with Crippen molar-refractivity contribution in [2.24, 2.45) is 0 Å². The van der Waals surface area contributed by atoms with Crippen LogP contribution in [0.1, 0.15) is 30.3 Å². The molecule has 0 aliphatic carbocycles. The summed E-state index contributed by atoms with van der Waals surface area (Å²) in [5.41, 5.74) is 4.05. The van der Waals surface area contributed by atoms with Crippen LogP contribution in [-0.2, 0) is 0 Å². The Balaban J connectivity index is 1.93. The number of nitrogens with one attached hydrogen (secondary N) is 2. The number of aromatic nitrogens is 3.